The molecule has 8 aromatic carbocycles. The lowest BCUT2D eigenvalue weighted by molar-refractivity contribution is 0.436. The molecule has 12 rings (SSSR count). The van der Waals surface area contributed by atoms with Crippen LogP contribution >= 0.6 is 0 Å². The maximum absolute atomic E-state index is 6.61. The SMILES string of the molecule is c1ccc(-c2nc(-c3ccccc3)nc(-c3cccc(-n4c5ccccc5c5c6c(ccc54)C4(c5ccccc5Oc5ccccc54)c4ccccc4-6)c3)n2)cc1. The lowest BCUT2D eigenvalue weighted by atomic mass is 9.66. The predicted octanol–water partition coefficient (Wildman–Crippen LogP) is 12.4. The van der Waals surface area contributed by atoms with E-state index in [0.29, 0.717) is 17.5 Å². The molecule has 0 saturated heterocycles. The van der Waals surface area contributed by atoms with Gasteiger partial charge in [0.2, 0.25) is 0 Å². The molecule has 10 aromatic rings. The molecule has 0 radical (unpaired) electrons. The summed E-state index contributed by atoms with van der Waals surface area (Å²) in [4.78, 5) is 15.1. The Bertz CT molecular complexity index is 3120. The fourth-order valence-corrected chi connectivity index (χ4v) is 9.40. The lowest BCUT2D eigenvalue weighted by Gasteiger charge is -2.39. The molecule has 5 heteroatoms. The number of aromatic nitrogens is 4. The molecule has 3 heterocycles. The second-order valence-electron chi connectivity index (χ2n) is 14.7. The zero-order valence-corrected chi connectivity index (χ0v) is 30.7. The van der Waals surface area contributed by atoms with Crippen molar-refractivity contribution >= 4 is 21.8 Å². The molecule has 0 unspecified atom stereocenters. The van der Waals surface area contributed by atoms with Gasteiger partial charge in [0.15, 0.2) is 17.5 Å². The van der Waals surface area contributed by atoms with Gasteiger partial charge in [0, 0.05) is 44.3 Å². The third kappa shape index (κ3) is 4.54. The molecule has 1 aliphatic heterocycles. The van der Waals surface area contributed by atoms with Gasteiger partial charge in [-0.05, 0) is 58.7 Å². The fraction of sp³-hybridized carbons (Fsp3) is 0.0192. The van der Waals surface area contributed by atoms with Crippen molar-refractivity contribution in [2.24, 2.45) is 0 Å². The highest BCUT2D eigenvalue weighted by Crippen LogP contribution is 2.63. The fourth-order valence-electron chi connectivity index (χ4n) is 9.40. The van der Waals surface area contributed by atoms with Crippen LogP contribution in [0.5, 0.6) is 11.5 Å². The van der Waals surface area contributed by atoms with Crippen LogP contribution in [0.4, 0.5) is 0 Å². The van der Waals surface area contributed by atoms with Crippen molar-refractivity contribution in [2.45, 2.75) is 5.41 Å². The van der Waals surface area contributed by atoms with Crippen LogP contribution in [0.3, 0.4) is 0 Å². The number of para-hydroxylation sites is 3. The highest BCUT2D eigenvalue weighted by molar-refractivity contribution is 6.18. The summed E-state index contributed by atoms with van der Waals surface area (Å²) < 4.78 is 9.00. The summed E-state index contributed by atoms with van der Waals surface area (Å²) in [7, 11) is 0. The van der Waals surface area contributed by atoms with E-state index < -0.39 is 5.41 Å². The first kappa shape index (κ1) is 31.7. The standard InChI is InChI=1S/C52H32N4O/c1-3-16-33(17-4-1)49-53-50(34-18-5-2-6-19-34)55-51(54-49)35-20-15-21-36(32-35)56-43-27-12-8-23-38(43)48-44(56)31-30-42-47(48)37-22-7-9-24-39(37)52(42)40-25-10-13-28-45(40)57-46-29-14-11-26-41(46)52/h1-32H. The van der Waals surface area contributed by atoms with Crippen molar-refractivity contribution < 1.29 is 4.74 Å². The monoisotopic (exact) mass is 728 g/mol. The number of rotatable bonds is 4. The zero-order chi connectivity index (χ0) is 37.5. The summed E-state index contributed by atoms with van der Waals surface area (Å²) in [5, 5.41) is 2.44. The van der Waals surface area contributed by atoms with Crippen molar-refractivity contribution in [3.63, 3.8) is 0 Å². The number of ether oxygens (including phenoxy) is 1. The third-order valence-corrected chi connectivity index (χ3v) is 11.7. The molecular weight excluding hydrogens is 697 g/mol. The summed E-state index contributed by atoms with van der Waals surface area (Å²) in [6.07, 6.45) is 0. The van der Waals surface area contributed by atoms with Crippen molar-refractivity contribution in [3.8, 4) is 62.5 Å². The van der Waals surface area contributed by atoms with E-state index in [1.165, 1.54) is 33.0 Å². The molecule has 2 aromatic heterocycles. The second-order valence-corrected chi connectivity index (χ2v) is 14.7. The van der Waals surface area contributed by atoms with Crippen LogP contribution < -0.4 is 4.74 Å². The van der Waals surface area contributed by atoms with Gasteiger partial charge in [0.25, 0.3) is 0 Å². The first-order valence-electron chi connectivity index (χ1n) is 19.3. The molecule has 57 heavy (non-hydrogen) atoms. The zero-order valence-electron chi connectivity index (χ0n) is 30.7. The molecule has 0 amide bonds. The summed E-state index contributed by atoms with van der Waals surface area (Å²) in [5.74, 6) is 3.69. The molecule has 5 nitrogen and oxygen atoms in total. The van der Waals surface area contributed by atoms with Gasteiger partial charge in [-0.25, -0.2) is 15.0 Å². The normalized spacial score (nSPS) is 13.2. The van der Waals surface area contributed by atoms with Gasteiger partial charge in [-0.1, -0.05) is 158 Å². The molecule has 266 valence electrons. The van der Waals surface area contributed by atoms with Crippen molar-refractivity contribution in [1.82, 2.24) is 19.5 Å². The van der Waals surface area contributed by atoms with Crippen LogP contribution in [0.1, 0.15) is 22.3 Å². The Morgan fingerprint density at radius 1 is 0.404 bits per heavy atom. The number of fused-ring (bicyclic) bond motifs is 13. The van der Waals surface area contributed by atoms with Crippen LogP contribution in [0.2, 0.25) is 0 Å². The van der Waals surface area contributed by atoms with Crippen LogP contribution in [0.15, 0.2) is 194 Å². The topological polar surface area (TPSA) is 52.8 Å². The largest absolute Gasteiger partial charge is 0.457 e. The molecule has 1 aliphatic carbocycles. The van der Waals surface area contributed by atoms with Gasteiger partial charge in [0.1, 0.15) is 11.5 Å². The summed E-state index contributed by atoms with van der Waals surface area (Å²) in [6.45, 7) is 0. The molecular formula is C52H32N4O. The summed E-state index contributed by atoms with van der Waals surface area (Å²) in [6, 6.07) is 68.3. The smallest absolute Gasteiger partial charge is 0.164 e. The van der Waals surface area contributed by atoms with Gasteiger partial charge in [0.05, 0.1) is 16.4 Å². The summed E-state index contributed by atoms with van der Waals surface area (Å²) >= 11 is 0. The Labute approximate surface area is 329 Å². The van der Waals surface area contributed by atoms with Gasteiger partial charge in [-0.15, -0.1) is 0 Å². The van der Waals surface area contributed by atoms with Crippen LogP contribution in [0.25, 0.3) is 72.8 Å². The number of nitrogens with zero attached hydrogens (tertiary/aromatic N) is 4. The molecule has 0 atom stereocenters. The van der Waals surface area contributed by atoms with Gasteiger partial charge >= 0.3 is 0 Å². The highest BCUT2D eigenvalue weighted by Gasteiger charge is 2.51. The van der Waals surface area contributed by atoms with Crippen LogP contribution in [-0.4, -0.2) is 19.5 Å². The third-order valence-electron chi connectivity index (χ3n) is 11.7. The second kappa shape index (κ2) is 12.2. The van der Waals surface area contributed by atoms with Gasteiger partial charge < -0.3 is 9.30 Å². The molecule has 1 spiro atoms. The van der Waals surface area contributed by atoms with Crippen LogP contribution in [-0.2, 0) is 5.41 Å². The minimum absolute atomic E-state index is 0.541. The van der Waals surface area contributed by atoms with E-state index in [1.807, 2.05) is 60.7 Å². The Kier molecular flexibility index (Phi) is 6.78. The van der Waals surface area contributed by atoms with Gasteiger partial charge in [-0.3, -0.25) is 0 Å². The van der Waals surface area contributed by atoms with Crippen molar-refractivity contribution in [2.75, 3.05) is 0 Å². The highest BCUT2D eigenvalue weighted by atomic mass is 16.5. The number of benzene rings is 8. The van der Waals surface area contributed by atoms with E-state index in [9.17, 15) is 0 Å². The quantitative estimate of drug-likeness (QED) is 0.181. The molecule has 0 fully saturated rings. The van der Waals surface area contributed by atoms with Gasteiger partial charge in [-0.2, -0.15) is 0 Å². The number of hydrogen-bond acceptors (Lipinski definition) is 4. The summed E-state index contributed by atoms with van der Waals surface area (Å²) in [5.41, 5.74) is 12.9. The van der Waals surface area contributed by atoms with Crippen molar-refractivity contribution in [3.05, 3.63) is 216 Å². The Balaban J connectivity index is 1.11. The van der Waals surface area contributed by atoms with E-state index in [4.69, 9.17) is 19.7 Å². The minimum Gasteiger partial charge on any atom is -0.457 e. The van der Waals surface area contributed by atoms with Crippen molar-refractivity contribution in [1.29, 1.82) is 0 Å². The average Bonchev–Trinajstić information content (AvgIpc) is 3.78. The van der Waals surface area contributed by atoms with E-state index in [-0.39, 0.29) is 0 Å². The molecule has 0 N–H and O–H groups in total. The first-order valence-corrected chi connectivity index (χ1v) is 19.3. The Morgan fingerprint density at radius 2 is 0.947 bits per heavy atom. The number of hydrogen-bond donors (Lipinski definition) is 0. The van der Waals surface area contributed by atoms with E-state index >= 15 is 0 Å². The average molecular weight is 729 g/mol. The van der Waals surface area contributed by atoms with E-state index in [2.05, 4.69) is 138 Å². The first-order chi connectivity index (χ1) is 28.3. The maximum atomic E-state index is 6.61. The van der Waals surface area contributed by atoms with E-state index in [0.717, 1.165) is 56.0 Å². The lowest BCUT2D eigenvalue weighted by Crippen LogP contribution is -2.32. The van der Waals surface area contributed by atoms with E-state index in [1.54, 1.807) is 0 Å². The van der Waals surface area contributed by atoms with Crippen LogP contribution in [0, 0.1) is 0 Å². The minimum atomic E-state index is -0.541. The molecule has 0 bridgehead atoms. The predicted molar refractivity (Wildman–Crippen MR) is 228 cm³/mol. The maximum Gasteiger partial charge on any atom is 0.164 e. The Morgan fingerprint density at radius 3 is 1.63 bits per heavy atom. The Hall–Kier alpha value is -7.63. The molecule has 0 saturated carbocycles. The molecule has 2 aliphatic rings.